The zero-order valence-electron chi connectivity index (χ0n) is 9.08. The number of hydrogen-bond acceptors (Lipinski definition) is 3. The van der Waals surface area contributed by atoms with Gasteiger partial charge in [0.25, 0.3) is 0 Å². The largest absolute Gasteiger partial charge is 0.573 e. The predicted molar refractivity (Wildman–Crippen MR) is 61.1 cm³/mol. The fraction of sp³-hybridized carbons (Fsp3) is 0.182. The van der Waals surface area contributed by atoms with Crippen LogP contribution in [-0.2, 0) is 0 Å². The molecule has 0 saturated carbocycles. The molecule has 18 heavy (non-hydrogen) atoms. The quantitative estimate of drug-likeness (QED) is 0.826. The Morgan fingerprint density at radius 3 is 2.61 bits per heavy atom. The van der Waals surface area contributed by atoms with Crippen molar-refractivity contribution in [3.63, 3.8) is 0 Å². The molecule has 0 radical (unpaired) electrons. The van der Waals surface area contributed by atoms with Crippen LogP contribution in [0.1, 0.15) is 5.76 Å². The normalized spacial score (nSPS) is 11.6. The molecule has 0 unspecified atom stereocenters. The number of hydrogen-bond donors (Lipinski definition) is 0. The molecule has 2 rings (SSSR count). The molecule has 3 nitrogen and oxygen atoms in total. The van der Waals surface area contributed by atoms with Crippen LogP contribution in [0.25, 0.3) is 11.5 Å². The summed E-state index contributed by atoms with van der Waals surface area (Å²) in [5.74, 6) is 0.226. The number of ether oxygens (including phenoxy) is 1. The Balaban J connectivity index is 2.47. The smallest absolute Gasteiger partial charge is 0.441 e. The Morgan fingerprint density at radius 2 is 2.06 bits per heavy atom. The third-order valence-electron chi connectivity index (χ3n) is 2.02. The van der Waals surface area contributed by atoms with Gasteiger partial charge in [0.2, 0.25) is 5.89 Å². The van der Waals surface area contributed by atoms with E-state index in [4.69, 9.17) is 4.42 Å². The summed E-state index contributed by atoms with van der Waals surface area (Å²) in [4.78, 5) is 3.88. The molecule has 2 aromatic rings. The van der Waals surface area contributed by atoms with Gasteiger partial charge in [0.05, 0.1) is 11.8 Å². The molecular weight excluding hydrogens is 315 g/mol. The van der Waals surface area contributed by atoms with E-state index in [1.807, 2.05) is 0 Å². The molecule has 0 fully saturated rings. The fourth-order valence-electron chi connectivity index (χ4n) is 1.36. The Kier molecular flexibility index (Phi) is 3.34. The standard InChI is InChI=1S/C11H7BrF3NO2/c1-6-5-16-10(17-6)8-3-2-7(12)4-9(8)18-11(13,14)15/h2-5H,1H3. The van der Waals surface area contributed by atoms with Gasteiger partial charge in [-0.1, -0.05) is 15.9 Å². The van der Waals surface area contributed by atoms with Crippen LogP contribution < -0.4 is 4.74 Å². The van der Waals surface area contributed by atoms with Gasteiger partial charge in [0.15, 0.2) is 0 Å². The second-order valence-corrected chi connectivity index (χ2v) is 4.38. The van der Waals surface area contributed by atoms with Crippen LogP contribution in [0.15, 0.2) is 33.3 Å². The fourth-order valence-corrected chi connectivity index (χ4v) is 1.70. The van der Waals surface area contributed by atoms with E-state index in [2.05, 4.69) is 25.7 Å². The van der Waals surface area contributed by atoms with Crippen LogP contribution in [-0.4, -0.2) is 11.3 Å². The van der Waals surface area contributed by atoms with E-state index in [0.29, 0.717) is 10.2 Å². The van der Waals surface area contributed by atoms with E-state index in [1.54, 1.807) is 13.0 Å². The minimum Gasteiger partial charge on any atom is -0.441 e. The molecule has 0 bridgehead atoms. The maximum absolute atomic E-state index is 12.3. The first kappa shape index (κ1) is 12.9. The van der Waals surface area contributed by atoms with Gasteiger partial charge in [-0.15, -0.1) is 13.2 Å². The van der Waals surface area contributed by atoms with Gasteiger partial charge in [0, 0.05) is 4.47 Å². The summed E-state index contributed by atoms with van der Waals surface area (Å²) in [6, 6.07) is 4.23. The summed E-state index contributed by atoms with van der Waals surface area (Å²) in [6.07, 6.45) is -3.34. The van der Waals surface area contributed by atoms with Gasteiger partial charge in [0.1, 0.15) is 11.5 Å². The van der Waals surface area contributed by atoms with Crippen molar-refractivity contribution in [1.82, 2.24) is 4.98 Å². The Morgan fingerprint density at radius 1 is 1.33 bits per heavy atom. The van der Waals surface area contributed by atoms with Crippen LogP contribution in [0, 0.1) is 6.92 Å². The van der Waals surface area contributed by atoms with Crippen molar-refractivity contribution in [3.8, 4) is 17.2 Å². The number of aromatic nitrogens is 1. The van der Waals surface area contributed by atoms with E-state index in [-0.39, 0.29) is 17.2 Å². The maximum Gasteiger partial charge on any atom is 0.573 e. The maximum atomic E-state index is 12.3. The minimum atomic E-state index is -4.77. The summed E-state index contributed by atoms with van der Waals surface area (Å²) in [7, 11) is 0. The highest BCUT2D eigenvalue weighted by atomic mass is 79.9. The third kappa shape index (κ3) is 3.04. The first-order chi connectivity index (χ1) is 8.35. The van der Waals surface area contributed by atoms with Crippen molar-refractivity contribution in [2.24, 2.45) is 0 Å². The molecule has 0 spiro atoms. The molecule has 1 aromatic carbocycles. The monoisotopic (exact) mass is 321 g/mol. The third-order valence-corrected chi connectivity index (χ3v) is 2.51. The summed E-state index contributed by atoms with van der Waals surface area (Å²) < 4.78 is 46.5. The predicted octanol–water partition coefficient (Wildman–Crippen LogP) is 4.31. The molecule has 0 aliphatic carbocycles. The molecule has 0 aliphatic rings. The molecule has 0 saturated heterocycles. The van der Waals surface area contributed by atoms with Gasteiger partial charge in [-0.25, -0.2) is 4.98 Å². The van der Waals surface area contributed by atoms with Gasteiger partial charge < -0.3 is 9.15 Å². The average Bonchev–Trinajstić information content (AvgIpc) is 2.62. The zero-order chi connectivity index (χ0) is 13.3. The molecule has 7 heteroatoms. The molecule has 0 aliphatic heterocycles. The molecule has 0 amide bonds. The van der Waals surface area contributed by atoms with Crippen LogP contribution >= 0.6 is 15.9 Å². The number of halogens is 4. The van der Waals surface area contributed by atoms with Crippen molar-refractivity contribution in [2.75, 3.05) is 0 Å². The van der Waals surface area contributed by atoms with Gasteiger partial charge in [-0.2, -0.15) is 0 Å². The number of aryl methyl sites for hydroxylation is 1. The number of rotatable bonds is 2. The summed E-state index contributed by atoms with van der Waals surface area (Å²) >= 11 is 3.08. The van der Waals surface area contributed by atoms with Crippen molar-refractivity contribution in [2.45, 2.75) is 13.3 Å². The topological polar surface area (TPSA) is 35.3 Å². The first-order valence-corrected chi connectivity index (χ1v) is 5.62. The Labute approximate surface area is 109 Å². The number of alkyl halides is 3. The first-order valence-electron chi connectivity index (χ1n) is 4.83. The highest BCUT2D eigenvalue weighted by Crippen LogP contribution is 2.35. The molecule has 0 atom stereocenters. The van der Waals surface area contributed by atoms with E-state index < -0.39 is 6.36 Å². The lowest BCUT2D eigenvalue weighted by Crippen LogP contribution is -2.17. The molecular formula is C11H7BrF3NO2. The summed E-state index contributed by atoms with van der Waals surface area (Å²) in [5.41, 5.74) is 0.142. The van der Waals surface area contributed by atoms with Crippen LogP contribution in [0.3, 0.4) is 0 Å². The lowest BCUT2D eigenvalue weighted by molar-refractivity contribution is -0.274. The number of nitrogens with zero attached hydrogens (tertiary/aromatic N) is 1. The Bertz CT molecular complexity index is 566. The van der Waals surface area contributed by atoms with Crippen LogP contribution in [0.2, 0.25) is 0 Å². The summed E-state index contributed by atoms with van der Waals surface area (Å²) in [5, 5.41) is 0. The second kappa shape index (κ2) is 4.64. The van der Waals surface area contributed by atoms with Crippen molar-refractivity contribution in [1.29, 1.82) is 0 Å². The average molecular weight is 322 g/mol. The second-order valence-electron chi connectivity index (χ2n) is 3.46. The van der Waals surface area contributed by atoms with Crippen LogP contribution in [0.4, 0.5) is 13.2 Å². The number of benzene rings is 1. The lowest BCUT2D eigenvalue weighted by Gasteiger charge is -2.11. The number of oxazole rings is 1. The molecule has 0 N–H and O–H groups in total. The van der Waals surface area contributed by atoms with Gasteiger partial charge in [-0.05, 0) is 25.1 Å². The highest BCUT2D eigenvalue weighted by Gasteiger charge is 2.32. The zero-order valence-corrected chi connectivity index (χ0v) is 10.7. The van der Waals surface area contributed by atoms with E-state index in [9.17, 15) is 13.2 Å². The van der Waals surface area contributed by atoms with Crippen LogP contribution in [0.5, 0.6) is 5.75 Å². The van der Waals surface area contributed by atoms with Gasteiger partial charge in [-0.3, -0.25) is 0 Å². The molecule has 1 aromatic heterocycles. The highest BCUT2D eigenvalue weighted by molar-refractivity contribution is 9.10. The van der Waals surface area contributed by atoms with Gasteiger partial charge >= 0.3 is 6.36 Å². The SMILES string of the molecule is Cc1cnc(-c2ccc(Br)cc2OC(F)(F)F)o1. The molecule has 96 valence electrons. The van der Waals surface area contributed by atoms with Crippen molar-refractivity contribution >= 4 is 15.9 Å². The van der Waals surface area contributed by atoms with Crippen molar-refractivity contribution < 1.29 is 22.3 Å². The minimum absolute atomic E-state index is 0.0826. The van der Waals surface area contributed by atoms with E-state index >= 15 is 0 Å². The van der Waals surface area contributed by atoms with E-state index in [1.165, 1.54) is 18.3 Å². The molecule has 1 heterocycles. The lowest BCUT2D eigenvalue weighted by atomic mass is 10.2. The van der Waals surface area contributed by atoms with E-state index in [0.717, 1.165) is 0 Å². The summed E-state index contributed by atoms with van der Waals surface area (Å²) in [6.45, 7) is 1.65. The Hall–Kier alpha value is -1.50. The van der Waals surface area contributed by atoms with Crippen molar-refractivity contribution in [3.05, 3.63) is 34.6 Å².